The van der Waals surface area contributed by atoms with Crippen LogP contribution >= 0.6 is 0 Å². The average molecular weight is 463 g/mol. The zero-order valence-corrected chi connectivity index (χ0v) is 22.1. The van der Waals surface area contributed by atoms with Gasteiger partial charge in [-0.05, 0) is 74.3 Å². The second-order valence-corrected chi connectivity index (χ2v) is 12.2. The monoisotopic (exact) mass is 462 g/mol. The van der Waals surface area contributed by atoms with Crippen LogP contribution in [0.2, 0.25) is 0 Å². The molecule has 2 aromatic carbocycles. The fourth-order valence-corrected chi connectivity index (χ4v) is 6.60. The maximum atomic E-state index is 2.51. The quantitative estimate of drug-likeness (QED) is 0.324. The Balaban J connectivity index is 1.08. The SMILES string of the molecule is C[N+]1(CCCc2ccccc2)CCC(CCC2CC[N+](C)(CCCc3ccccc3)CC2)CC1. The van der Waals surface area contributed by atoms with Crippen molar-refractivity contribution in [3.63, 3.8) is 0 Å². The standard InChI is InChI=1S/C32H50N2/c1-33(23-9-15-29-11-5-3-6-12-29)25-19-31(20-26-33)17-18-32-21-27-34(2,28-22-32)24-10-16-30-13-7-4-8-14-30/h3-8,11-14,31-32H,9-10,15-28H2,1-2H3/q+2. The maximum Gasteiger partial charge on any atom is 0.0787 e. The molecule has 186 valence electrons. The van der Waals surface area contributed by atoms with E-state index in [2.05, 4.69) is 74.8 Å². The topological polar surface area (TPSA) is 0 Å². The molecule has 0 N–H and O–H groups in total. The Kier molecular flexibility index (Phi) is 9.25. The van der Waals surface area contributed by atoms with E-state index in [4.69, 9.17) is 0 Å². The summed E-state index contributed by atoms with van der Waals surface area (Å²) >= 11 is 0. The highest BCUT2D eigenvalue weighted by Gasteiger charge is 2.32. The van der Waals surface area contributed by atoms with Gasteiger partial charge in [0.1, 0.15) is 0 Å². The molecule has 2 aliphatic rings. The van der Waals surface area contributed by atoms with Gasteiger partial charge in [-0.2, -0.15) is 0 Å². The van der Waals surface area contributed by atoms with Crippen molar-refractivity contribution in [2.24, 2.45) is 11.8 Å². The van der Waals surface area contributed by atoms with Crippen molar-refractivity contribution in [2.45, 2.75) is 64.2 Å². The van der Waals surface area contributed by atoms with Gasteiger partial charge in [-0.15, -0.1) is 0 Å². The number of hydrogen-bond donors (Lipinski definition) is 0. The molecule has 0 atom stereocenters. The molecule has 2 aliphatic heterocycles. The molecule has 0 bridgehead atoms. The van der Waals surface area contributed by atoms with Crippen LogP contribution < -0.4 is 0 Å². The van der Waals surface area contributed by atoms with E-state index in [-0.39, 0.29) is 0 Å². The van der Waals surface area contributed by atoms with E-state index in [0.29, 0.717) is 0 Å². The molecule has 0 aliphatic carbocycles. The van der Waals surface area contributed by atoms with Crippen molar-refractivity contribution >= 4 is 0 Å². The van der Waals surface area contributed by atoms with Crippen LogP contribution in [0.25, 0.3) is 0 Å². The van der Waals surface area contributed by atoms with Crippen molar-refractivity contribution in [1.82, 2.24) is 0 Å². The lowest BCUT2D eigenvalue weighted by Gasteiger charge is -2.42. The van der Waals surface area contributed by atoms with Gasteiger partial charge in [0.2, 0.25) is 0 Å². The van der Waals surface area contributed by atoms with E-state index in [0.717, 1.165) is 11.8 Å². The minimum atomic E-state index is 0.994. The molecule has 0 unspecified atom stereocenters. The number of piperidine rings is 2. The van der Waals surface area contributed by atoms with Crippen LogP contribution in [0.15, 0.2) is 60.7 Å². The zero-order valence-electron chi connectivity index (χ0n) is 22.1. The van der Waals surface area contributed by atoms with E-state index in [1.54, 1.807) is 0 Å². The highest BCUT2D eigenvalue weighted by atomic mass is 15.3. The van der Waals surface area contributed by atoms with E-state index in [9.17, 15) is 0 Å². The first-order valence-corrected chi connectivity index (χ1v) is 14.3. The third kappa shape index (κ3) is 7.95. The Hall–Kier alpha value is -1.64. The van der Waals surface area contributed by atoms with Crippen LogP contribution in [0, 0.1) is 11.8 Å². The Bertz CT molecular complexity index is 743. The first-order valence-electron chi connectivity index (χ1n) is 14.3. The normalized spacial score (nSPS) is 29.7. The minimum Gasteiger partial charge on any atom is -0.326 e. The van der Waals surface area contributed by atoms with Crippen LogP contribution in [0.4, 0.5) is 0 Å². The third-order valence-corrected chi connectivity index (χ3v) is 9.30. The second-order valence-electron chi connectivity index (χ2n) is 12.2. The lowest BCUT2D eigenvalue weighted by molar-refractivity contribution is -0.915. The summed E-state index contributed by atoms with van der Waals surface area (Å²) in [5, 5.41) is 0. The van der Waals surface area contributed by atoms with Crippen molar-refractivity contribution in [1.29, 1.82) is 0 Å². The molecule has 34 heavy (non-hydrogen) atoms. The number of nitrogens with zero attached hydrogens (tertiary/aromatic N) is 2. The van der Waals surface area contributed by atoms with Gasteiger partial charge < -0.3 is 8.97 Å². The molecular formula is C32H50N2+2. The largest absolute Gasteiger partial charge is 0.326 e. The molecule has 2 heterocycles. The van der Waals surface area contributed by atoms with Crippen molar-refractivity contribution in [3.05, 3.63) is 71.8 Å². The minimum absolute atomic E-state index is 0.994. The van der Waals surface area contributed by atoms with Crippen LogP contribution in [0.3, 0.4) is 0 Å². The lowest BCUT2D eigenvalue weighted by Crippen LogP contribution is -2.51. The molecule has 0 spiro atoms. The Labute approximate surface area is 210 Å². The molecule has 2 nitrogen and oxygen atoms in total. The lowest BCUT2D eigenvalue weighted by atomic mass is 9.84. The predicted molar refractivity (Wildman–Crippen MR) is 146 cm³/mol. The molecule has 2 fully saturated rings. The number of likely N-dealkylation sites (tertiary alicyclic amines) is 2. The molecule has 0 amide bonds. The van der Waals surface area contributed by atoms with Gasteiger partial charge in [0, 0.05) is 12.8 Å². The third-order valence-electron chi connectivity index (χ3n) is 9.30. The number of aryl methyl sites for hydroxylation is 2. The Morgan fingerprint density at radius 1 is 0.559 bits per heavy atom. The number of benzene rings is 2. The maximum absolute atomic E-state index is 2.51. The summed E-state index contributed by atoms with van der Waals surface area (Å²) < 4.78 is 2.62. The van der Waals surface area contributed by atoms with Gasteiger partial charge in [-0.25, -0.2) is 0 Å². The van der Waals surface area contributed by atoms with E-state index in [1.807, 2.05) is 0 Å². The smallest absolute Gasteiger partial charge is 0.0787 e. The van der Waals surface area contributed by atoms with E-state index < -0.39 is 0 Å². The summed E-state index contributed by atoms with van der Waals surface area (Å²) in [6.07, 6.45) is 14.0. The molecule has 2 heteroatoms. The molecule has 0 aromatic heterocycles. The van der Waals surface area contributed by atoms with Gasteiger partial charge in [0.05, 0.1) is 53.4 Å². The van der Waals surface area contributed by atoms with Crippen LogP contribution in [0.5, 0.6) is 0 Å². The summed E-state index contributed by atoms with van der Waals surface area (Å²) in [4.78, 5) is 0. The summed E-state index contributed by atoms with van der Waals surface area (Å²) in [6.45, 7) is 8.32. The van der Waals surface area contributed by atoms with Gasteiger partial charge in [-0.3, -0.25) is 0 Å². The molecule has 2 aromatic rings. The highest BCUT2D eigenvalue weighted by Crippen LogP contribution is 2.31. The van der Waals surface area contributed by atoms with Crippen molar-refractivity contribution < 1.29 is 8.97 Å². The second kappa shape index (κ2) is 12.4. The molecular weight excluding hydrogens is 412 g/mol. The van der Waals surface area contributed by atoms with Crippen molar-refractivity contribution in [3.8, 4) is 0 Å². The van der Waals surface area contributed by atoms with Crippen LogP contribution in [-0.4, -0.2) is 62.3 Å². The predicted octanol–water partition coefficient (Wildman–Crippen LogP) is 6.75. The fraction of sp³-hybridized carbons (Fsp3) is 0.625. The number of hydrogen-bond acceptors (Lipinski definition) is 0. The van der Waals surface area contributed by atoms with Gasteiger partial charge >= 0.3 is 0 Å². The Morgan fingerprint density at radius 2 is 0.912 bits per heavy atom. The van der Waals surface area contributed by atoms with Crippen LogP contribution in [-0.2, 0) is 12.8 Å². The molecule has 4 rings (SSSR count). The summed E-state index contributed by atoms with van der Waals surface area (Å²) in [7, 11) is 5.03. The number of quaternary nitrogens is 2. The fourth-order valence-electron chi connectivity index (χ4n) is 6.60. The summed E-state index contributed by atoms with van der Waals surface area (Å²) in [5.74, 6) is 1.99. The van der Waals surface area contributed by atoms with Gasteiger partial charge in [0.25, 0.3) is 0 Å². The van der Waals surface area contributed by atoms with Crippen LogP contribution in [0.1, 0.15) is 62.5 Å². The molecule has 2 saturated heterocycles. The first-order chi connectivity index (χ1) is 16.5. The summed E-state index contributed by atoms with van der Waals surface area (Å²) in [5.41, 5.74) is 3.00. The average Bonchev–Trinajstić information content (AvgIpc) is 2.86. The highest BCUT2D eigenvalue weighted by molar-refractivity contribution is 5.15. The summed E-state index contributed by atoms with van der Waals surface area (Å²) in [6, 6.07) is 22.1. The Morgan fingerprint density at radius 3 is 1.26 bits per heavy atom. The van der Waals surface area contributed by atoms with E-state index >= 15 is 0 Å². The molecule has 0 radical (unpaired) electrons. The van der Waals surface area contributed by atoms with Gasteiger partial charge in [-0.1, -0.05) is 60.7 Å². The zero-order chi connectivity index (χ0) is 23.7. The number of rotatable bonds is 11. The van der Waals surface area contributed by atoms with Gasteiger partial charge in [0.15, 0.2) is 0 Å². The van der Waals surface area contributed by atoms with E-state index in [1.165, 1.54) is 124 Å². The first kappa shape index (κ1) is 25.5. The van der Waals surface area contributed by atoms with Crippen molar-refractivity contribution in [2.75, 3.05) is 53.4 Å². The molecule has 0 saturated carbocycles.